The quantitative estimate of drug-likeness (QED) is 0.818. The predicted molar refractivity (Wildman–Crippen MR) is 78.6 cm³/mol. The molecule has 0 saturated heterocycles. The van der Waals surface area contributed by atoms with Crippen LogP contribution in [0.4, 0.5) is 8.78 Å². The molecule has 1 aromatic heterocycles. The molecular weight excluding hydrogens is 308 g/mol. The number of halogens is 2. The lowest BCUT2D eigenvalue weighted by molar-refractivity contribution is -0.0516. The van der Waals surface area contributed by atoms with Crippen molar-refractivity contribution in [2.75, 3.05) is 14.2 Å². The topological polar surface area (TPSA) is 56.6 Å². The van der Waals surface area contributed by atoms with E-state index in [0.717, 1.165) is 5.56 Å². The van der Waals surface area contributed by atoms with Gasteiger partial charge in [-0.3, -0.25) is 9.48 Å². The maximum atomic E-state index is 12.6. The second-order valence-electron chi connectivity index (χ2n) is 4.90. The van der Waals surface area contributed by atoms with Crippen LogP contribution in [0.3, 0.4) is 0 Å². The van der Waals surface area contributed by atoms with E-state index in [9.17, 15) is 13.6 Å². The second kappa shape index (κ2) is 7.08. The highest BCUT2D eigenvalue weighted by Gasteiger charge is 2.22. The van der Waals surface area contributed by atoms with Crippen LogP contribution in [0, 0.1) is 0 Å². The molecule has 1 amide bonds. The van der Waals surface area contributed by atoms with E-state index in [0.29, 0.717) is 0 Å². The third kappa shape index (κ3) is 3.97. The molecule has 0 saturated carbocycles. The van der Waals surface area contributed by atoms with Crippen LogP contribution >= 0.6 is 0 Å². The van der Waals surface area contributed by atoms with Crippen LogP contribution in [-0.4, -0.2) is 41.4 Å². The van der Waals surface area contributed by atoms with Crippen molar-refractivity contribution < 1.29 is 23.0 Å². The zero-order valence-electron chi connectivity index (χ0n) is 13.0. The third-order valence-electron chi connectivity index (χ3n) is 3.16. The number of carbonyl (C=O) groups excluding carboxylic acids is 1. The molecule has 8 heteroatoms. The second-order valence-corrected chi connectivity index (χ2v) is 4.90. The van der Waals surface area contributed by atoms with Crippen LogP contribution in [-0.2, 0) is 13.6 Å². The molecule has 0 N–H and O–H groups in total. The average molecular weight is 325 g/mol. The summed E-state index contributed by atoms with van der Waals surface area (Å²) in [5.41, 5.74) is 0.832. The third-order valence-corrected chi connectivity index (χ3v) is 3.16. The molecule has 0 unspecified atom stereocenters. The number of para-hydroxylation sites is 1. The highest BCUT2D eigenvalue weighted by atomic mass is 19.3. The summed E-state index contributed by atoms with van der Waals surface area (Å²) in [6.45, 7) is -2.76. The van der Waals surface area contributed by atoms with Gasteiger partial charge in [0.2, 0.25) is 0 Å². The van der Waals surface area contributed by atoms with E-state index < -0.39 is 12.5 Å². The van der Waals surface area contributed by atoms with Gasteiger partial charge in [-0.15, -0.1) is 0 Å². The SMILES string of the molecule is COc1cccc(C(=O)N(C)Cc2cnn(C)c2)c1OC(F)F. The highest BCUT2D eigenvalue weighted by Crippen LogP contribution is 2.33. The van der Waals surface area contributed by atoms with Gasteiger partial charge in [0.15, 0.2) is 11.5 Å². The molecule has 0 spiro atoms. The Bertz CT molecular complexity index is 688. The number of amides is 1. The Labute approximate surface area is 132 Å². The molecule has 0 radical (unpaired) electrons. The molecule has 0 aliphatic carbocycles. The molecule has 2 aromatic rings. The van der Waals surface area contributed by atoms with Gasteiger partial charge in [-0.05, 0) is 12.1 Å². The van der Waals surface area contributed by atoms with E-state index >= 15 is 0 Å². The van der Waals surface area contributed by atoms with E-state index in [2.05, 4.69) is 9.84 Å². The lowest BCUT2D eigenvalue weighted by Crippen LogP contribution is -2.27. The fraction of sp³-hybridized carbons (Fsp3) is 0.333. The molecule has 0 bridgehead atoms. The van der Waals surface area contributed by atoms with E-state index in [1.807, 2.05) is 0 Å². The van der Waals surface area contributed by atoms with Gasteiger partial charge in [-0.25, -0.2) is 0 Å². The average Bonchev–Trinajstić information content (AvgIpc) is 2.91. The zero-order chi connectivity index (χ0) is 17.0. The van der Waals surface area contributed by atoms with Crippen molar-refractivity contribution in [1.29, 1.82) is 0 Å². The molecule has 23 heavy (non-hydrogen) atoms. The number of methoxy groups -OCH3 is 1. The summed E-state index contributed by atoms with van der Waals surface area (Å²) in [6.07, 6.45) is 3.40. The van der Waals surface area contributed by atoms with Crippen molar-refractivity contribution in [2.45, 2.75) is 13.2 Å². The number of benzene rings is 1. The van der Waals surface area contributed by atoms with Crippen molar-refractivity contribution in [1.82, 2.24) is 14.7 Å². The molecule has 124 valence electrons. The van der Waals surface area contributed by atoms with E-state index in [4.69, 9.17) is 4.74 Å². The van der Waals surface area contributed by atoms with Crippen molar-refractivity contribution in [2.24, 2.45) is 7.05 Å². The van der Waals surface area contributed by atoms with Gasteiger partial charge in [0.25, 0.3) is 5.91 Å². The molecule has 2 rings (SSSR count). The summed E-state index contributed by atoms with van der Waals surface area (Å²) in [6, 6.07) is 4.42. The zero-order valence-corrected chi connectivity index (χ0v) is 13.0. The number of hydrogen-bond donors (Lipinski definition) is 0. The molecule has 6 nitrogen and oxygen atoms in total. The maximum Gasteiger partial charge on any atom is 0.387 e. The summed E-state index contributed by atoms with van der Waals surface area (Å²) >= 11 is 0. The number of alkyl halides is 2. The van der Waals surface area contributed by atoms with Crippen molar-refractivity contribution in [3.05, 3.63) is 41.7 Å². The van der Waals surface area contributed by atoms with Crippen LogP contribution < -0.4 is 9.47 Å². The molecule has 0 aliphatic heterocycles. The normalized spacial score (nSPS) is 10.7. The summed E-state index contributed by atoms with van der Waals surface area (Å²) in [4.78, 5) is 13.9. The number of nitrogens with zero attached hydrogens (tertiary/aromatic N) is 3. The van der Waals surface area contributed by atoms with E-state index in [1.165, 1.54) is 24.1 Å². The Morgan fingerprint density at radius 3 is 2.74 bits per heavy atom. The van der Waals surface area contributed by atoms with Crippen LogP contribution in [0.5, 0.6) is 11.5 Å². The fourth-order valence-corrected chi connectivity index (χ4v) is 2.16. The Morgan fingerprint density at radius 2 is 2.17 bits per heavy atom. The number of ether oxygens (including phenoxy) is 2. The number of hydrogen-bond acceptors (Lipinski definition) is 4. The van der Waals surface area contributed by atoms with Crippen LogP contribution in [0.1, 0.15) is 15.9 Å². The highest BCUT2D eigenvalue weighted by molar-refractivity contribution is 5.97. The molecule has 0 fully saturated rings. The number of carbonyl (C=O) groups is 1. The molecule has 0 atom stereocenters. The summed E-state index contributed by atoms with van der Waals surface area (Å²) in [7, 11) is 4.66. The lowest BCUT2D eigenvalue weighted by Gasteiger charge is -2.19. The Balaban J connectivity index is 2.26. The number of aryl methyl sites for hydroxylation is 1. The van der Waals surface area contributed by atoms with Gasteiger partial charge in [0.1, 0.15) is 0 Å². The van der Waals surface area contributed by atoms with Crippen molar-refractivity contribution >= 4 is 5.91 Å². The van der Waals surface area contributed by atoms with Crippen molar-refractivity contribution in [3.8, 4) is 11.5 Å². The van der Waals surface area contributed by atoms with E-state index in [-0.39, 0.29) is 23.6 Å². The maximum absolute atomic E-state index is 12.6. The first kappa shape index (κ1) is 16.7. The first-order valence-electron chi connectivity index (χ1n) is 6.77. The smallest absolute Gasteiger partial charge is 0.387 e. The minimum absolute atomic E-state index is 0.0102. The van der Waals surface area contributed by atoms with Gasteiger partial charge in [0, 0.05) is 32.4 Å². The minimum atomic E-state index is -3.05. The van der Waals surface area contributed by atoms with Gasteiger partial charge in [-0.1, -0.05) is 6.07 Å². The monoisotopic (exact) mass is 325 g/mol. The lowest BCUT2D eigenvalue weighted by atomic mass is 10.1. The summed E-state index contributed by atoms with van der Waals surface area (Å²) in [5.74, 6) is -0.651. The molecular formula is C15H17F2N3O3. The molecule has 1 aromatic carbocycles. The van der Waals surface area contributed by atoms with Crippen LogP contribution in [0.15, 0.2) is 30.6 Å². The van der Waals surface area contributed by atoms with Gasteiger partial charge in [0.05, 0.1) is 18.9 Å². The Kier molecular flexibility index (Phi) is 5.15. The largest absolute Gasteiger partial charge is 0.493 e. The van der Waals surface area contributed by atoms with Crippen LogP contribution in [0.2, 0.25) is 0 Å². The number of aromatic nitrogens is 2. The predicted octanol–water partition coefficient (Wildman–Crippen LogP) is 2.30. The van der Waals surface area contributed by atoms with Gasteiger partial charge >= 0.3 is 6.61 Å². The Morgan fingerprint density at radius 1 is 1.43 bits per heavy atom. The van der Waals surface area contributed by atoms with Gasteiger partial charge in [-0.2, -0.15) is 13.9 Å². The summed E-state index contributed by atoms with van der Waals surface area (Å²) in [5, 5.41) is 4.02. The Hall–Kier alpha value is -2.64. The fourth-order valence-electron chi connectivity index (χ4n) is 2.16. The van der Waals surface area contributed by atoms with Crippen molar-refractivity contribution in [3.63, 3.8) is 0 Å². The van der Waals surface area contributed by atoms with E-state index in [1.54, 1.807) is 37.2 Å². The standard InChI is InChI=1S/C15H17F2N3O3/c1-19(8-10-7-18-20(2)9-10)14(21)11-5-4-6-12(22-3)13(11)23-15(16)17/h4-7,9,15H,8H2,1-3H3. The van der Waals surface area contributed by atoms with Gasteiger partial charge < -0.3 is 14.4 Å². The number of rotatable bonds is 6. The summed E-state index contributed by atoms with van der Waals surface area (Å²) < 4.78 is 36.3. The van der Waals surface area contributed by atoms with Crippen LogP contribution in [0.25, 0.3) is 0 Å². The first-order chi connectivity index (χ1) is 10.9. The molecule has 0 aliphatic rings. The minimum Gasteiger partial charge on any atom is -0.493 e. The first-order valence-corrected chi connectivity index (χ1v) is 6.77. The molecule has 1 heterocycles.